The second kappa shape index (κ2) is 5.77. The Hall–Kier alpha value is -2.80. The van der Waals surface area contributed by atoms with Crippen LogP contribution in [0.5, 0.6) is 0 Å². The predicted molar refractivity (Wildman–Crippen MR) is 87.9 cm³/mol. The van der Waals surface area contributed by atoms with Crippen LogP contribution in [0.1, 0.15) is 20.7 Å². The van der Waals surface area contributed by atoms with Crippen LogP contribution in [-0.4, -0.2) is 21.7 Å². The average Bonchev–Trinajstić information content (AvgIpc) is 2.93. The van der Waals surface area contributed by atoms with Crippen LogP contribution in [-0.2, 0) is 0 Å². The molecule has 0 amide bonds. The van der Waals surface area contributed by atoms with Gasteiger partial charge in [-0.1, -0.05) is 18.2 Å². The lowest BCUT2D eigenvalue weighted by Gasteiger charge is -2.05. The van der Waals surface area contributed by atoms with Gasteiger partial charge in [-0.2, -0.15) is 0 Å². The molecule has 0 N–H and O–H groups in total. The van der Waals surface area contributed by atoms with Gasteiger partial charge in [-0.25, -0.2) is 0 Å². The molecule has 23 heavy (non-hydrogen) atoms. The number of aldehydes is 1. The van der Waals surface area contributed by atoms with Gasteiger partial charge in [0.05, 0.1) is 14.9 Å². The third-order valence-electron chi connectivity index (χ3n) is 3.48. The van der Waals surface area contributed by atoms with Gasteiger partial charge < -0.3 is 0 Å². The molecule has 0 aliphatic rings. The molecular weight excluding hydrogens is 364 g/mol. The number of nitro benzene ring substituents is 1. The van der Waals surface area contributed by atoms with Crippen molar-refractivity contribution in [2.75, 3.05) is 0 Å². The minimum absolute atomic E-state index is 0.165. The Labute approximate surface area is 138 Å². The van der Waals surface area contributed by atoms with Crippen LogP contribution >= 0.6 is 15.9 Å². The molecule has 2 aromatic carbocycles. The zero-order chi connectivity index (χ0) is 16.6. The molecule has 0 atom stereocenters. The van der Waals surface area contributed by atoms with Crippen LogP contribution in [0, 0.1) is 10.1 Å². The Kier molecular flexibility index (Phi) is 3.79. The lowest BCUT2D eigenvalue weighted by molar-refractivity contribution is -0.385. The van der Waals surface area contributed by atoms with Crippen LogP contribution in [0.3, 0.4) is 0 Å². The molecule has 0 radical (unpaired) electrons. The molecule has 0 unspecified atom stereocenters. The molecule has 7 heteroatoms. The van der Waals surface area contributed by atoms with E-state index in [0.29, 0.717) is 27.2 Å². The van der Waals surface area contributed by atoms with Crippen molar-refractivity contribution in [2.24, 2.45) is 0 Å². The fourth-order valence-corrected chi connectivity index (χ4v) is 2.78. The molecule has 0 fully saturated rings. The number of para-hydroxylation sites is 1. The van der Waals surface area contributed by atoms with Crippen molar-refractivity contribution in [3.8, 4) is 0 Å². The smallest absolute Gasteiger partial charge is 0.284 e. The lowest BCUT2D eigenvalue weighted by Crippen LogP contribution is -2.11. The normalized spacial score (nSPS) is 10.7. The van der Waals surface area contributed by atoms with Crippen molar-refractivity contribution in [1.29, 1.82) is 0 Å². The van der Waals surface area contributed by atoms with Crippen molar-refractivity contribution in [3.63, 3.8) is 0 Å². The number of nitrogens with zero attached hydrogens (tertiary/aromatic N) is 2. The van der Waals surface area contributed by atoms with Gasteiger partial charge in [-0.05, 0) is 34.1 Å². The number of carbonyl (C=O) groups is 2. The summed E-state index contributed by atoms with van der Waals surface area (Å²) in [4.78, 5) is 34.3. The van der Waals surface area contributed by atoms with Crippen LogP contribution in [0.4, 0.5) is 5.69 Å². The number of halogens is 1. The summed E-state index contributed by atoms with van der Waals surface area (Å²) < 4.78 is 1.62. The van der Waals surface area contributed by atoms with E-state index in [0.717, 1.165) is 0 Å². The quantitative estimate of drug-likeness (QED) is 0.397. The van der Waals surface area contributed by atoms with Crippen molar-refractivity contribution in [2.45, 2.75) is 0 Å². The van der Waals surface area contributed by atoms with E-state index in [2.05, 4.69) is 15.9 Å². The topological polar surface area (TPSA) is 82.2 Å². The third-order valence-corrected chi connectivity index (χ3v) is 4.15. The first-order valence-electron chi connectivity index (χ1n) is 6.57. The zero-order valence-electron chi connectivity index (χ0n) is 11.6. The molecule has 0 spiro atoms. The summed E-state index contributed by atoms with van der Waals surface area (Å²) >= 11 is 3.09. The Morgan fingerprint density at radius 3 is 2.65 bits per heavy atom. The second-order valence-corrected chi connectivity index (χ2v) is 5.67. The number of carbonyl (C=O) groups excluding carboxylic acids is 2. The minimum Gasteiger partial charge on any atom is -0.298 e. The number of nitro groups is 1. The van der Waals surface area contributed by atoms with Gasteiger partial charge in [0.15, 0.2) is 6.29 Å². The Balaban J connectivity index is 2.16. The maximum absolute atomic E-state index is 12.7. The molecule has 0 saturated heterocycles. The van der Waals surface area contributed by atoms with Gasteiger partial charge in [0.1, 0.15) is 0 Å². The third kappa shape index (κ3) is 2.55. The number of fused-ring (bicyclic) bond motifs is 1. The number of aromatic nitrogens is 1. The summed E-state index contributed by atoms with van der Waals surface area (Å²) in [6.45, 7) is 0. The summed E-state index contributed by atoms with van der Waals surface area (Å²) in [5.41, 5.74) is 0.937. The molecule has 0 aliphatic carbocycles. The van der Waals surface area contributed by atoms with Gasteiger partial charge in [0.25, 0.3) is 11.6 Å². The van der Waals surface area contributed by atoms with E-state index in [-0.39, 0.29) is 11.3 Å². The first-order valence-corrected chi connectivity index (χ1v) is 7.36. The number of hydrogen-bond donors (Lipinski definition) is 0. The number of benzene rings is 2. The van der Waals surface area contributed by atoms with Gasteiger partial charge in [0, 0.05) is 28.8 Å². The van der Waals surface area contributed by atoms with E-state index in [4.69, 9.17) is 0 Å². The molecular formula is C16H9BrN2O4. The van der Waals surface area contributed by atoms with Crippen LogP contribution < -0.4 is 0 Å². The van der Waals surface area contributed by atoms with Crippen molar-refractivity contribution < 1.29 is 14.5 Å². The molecule has 3 rings (SSSR count). The largest absolute Gasteiger partial charge is 0.298 e. The van der Waals surface area contributed by atoms with Gasteiger partial charge >= 0.3 is 0 Å². The maximum Gasteiger partial charge on any atom is 0.284 e. The molecule has 1 aromatic heterocycles. The first-order chi connectivity index (χ1) is 11.0. The molecule has 0 saturated carbocycles. The number of rotatable bonds is 3. The highest BCUT2D eigenvalue weighted by Gasteiger charge is 2.19. The minimum atomic E-state index is -0.564. The zero-order valence-corrected chi connectivity index (χ0v) is 13.2. The molecule has 114 valence electrons. The maximum atomic E-state index is 12.7. The van der Waals surface area contributed by atoms with Crippen molar-refractivity contribution >= 4 is 44.7 Å². The fraction of sp³-hybridized carbons (Fsp3) is 0. The van der Waals surface area contributed by atoms with E-state index in [1.807, 2.05) is 0 Å². The second-order valence-electron chi connectivity index (χ2n) is 4.82. The molecule has 3 aromatic rings. The van der Waals surface area contributed by atoms with E-state index in [1.165, 1.54) is 29.0 Å². The molecule has 0 bridgehead atoms. The van der Waals surface area contributed by atoms with E-state index in [1.54, 1.807) is 24.3 Å². The average molecular weight is 373 g/mol. The predicted octanol–water partition coefficient (Wildman–Crippen LogP) is 3.81. The Bertz CT molecular complexity index is 962. The van der Waals surface area contributed by atoms with Gasteiger partial charge in [-0.15, -0.1) is 0 Å². The highest BCUT2D eigenvalue weighted by Crippen LogP contribution is 2.27. The van der Waals surface area contributed by atoms with Gasteiger partial charge in [0.2, 0.25) is 0 Å². The van der Waals surface area contributed by atoms with E-state index >= 15 is 0 Å². The fourth-order valence-electron chi connectivity index (χ4n) is 2.39. The molecule has 0 aliphatic heterocycles. The monoisotopic (exact) mass is 372 g/mol. The SMILES string of the molecule is O=Cc1cn(C(=O)c2ccc(Br)c([N+](=O)[O-])c2)c2ccccc12. The standard InChI is InChI=1S/C16H9BrN2O4/c17-13-6-5-10(7-15(13)19(22)23)16(21)18-8-11(9-20)12-3-1-2-4-14(12)18/h1-9H. The summed E-state index contributed by atoms with van der Waals surface area (Å²) in [5, 5.41) is 11.7. The Morgan fingerprint density at radius 1 is 1.22 bits per heavy atom. The van der Waals surface area contributed by atoms with Crippen LogP contribution in [0.15, 0.2) is 53.1 Å². The van der Waals surface area contributed by atoms with E-state index < -0.39 is 10.8 Å². The van der Waals surface area contributed by atoms with Gasteiger partial charge in [-0.3, -0.25) is 24.3 Å². The van der Waals surface area contributed by atoms with Crippen LogP contribution in [0.2, 0.25) is 0 Å². The summed E-state index contributed by atoms with van der Waals surface area (Å²) in [6.07, 6.45) is 2.12. The van der Waals surface area contributed by atoms with Crippen molar-refractivity contribution in [1.82, 2.24) is 4.57 Å². The first kappa shape index (κ1) is 15.1. The number of hydrogen-bond acceptors (Lipinski definition) is 4. The van der Waals surface area contributed by atoms with E-state index in [9.17, 15) is 19.7 Å². The summed E-state index contributed by atoms with van der Waals surface area (Å²) in [6, 6.07) is 11.1. The highest BCUT2D eigenvalue weighted by molar-refractivity contribution is 9.10. The Morgan fingerprint density at radius 2 is 1.96 bits per heavy atom. The molecule has 1 heterocycles. The highest BCUT2D eigenvalue weighted by atomic mass is 79.9. The summed E-state index contributed by atoms with van der Waals surface area (Å²) in [5.74, 6) is -0.440. The van der Waals surface area contributed by atoms with Crippen molar-refractivity contribution in [3.05, 3.63) is 74.4 Å². The summed E-state index contributed by atoms with van der Waals surface area (Å²) in [7, 11) is 0. The molecule has 6 nitrogen and oxygen atoms in total. The lowest BCUT2D eigenvalue weighted by atomic mass is 10.2. The van der Waals surface area contributed by atoms with Crippen LogP contribution in [0.25, 0.3) is 10.9 Å².